The first kappa shape index (κ1) is 15.3. The standard InChI is InChI=1S/C15H25N3O2/c1-15(11-16,12-6-7-12)17-14(20)9-18-8-4-2-3-5-13(18)10-19/h12-13,19H,2-10H2,1H3,(H,17,20). The number of aliphatic hydroxyl groups is 1. The summed E-state index contributed by atoms with van der Waals surface area (Å²) in [6.07, 6.45) is 6.33. The number of rotatable bonds is 5. The summed E-state index contributed by atoms with van der Waals surface area (Å²) < 4.78 is 0. The second-order valence-corrected chi connectivity index (χ2v) is 6.29. The number of carbonyl (C=O) groups is 1. The maximum atomic E-state index is 12.2. The van der Waals surface area contributed by atoms with Crippen LogP contribution in [0.4, 0.5) is 0 Å². The second-order valence-electron chi connectivity index (χ2n) is 6.29. The summed E-state index contributed by atoms with van der Waals surface area (Å²) in [6, 6.07) is 2.33. The van der Waals surface area contributed by atoms with Gasteiger partial charge in [-0.2, -0.15) is 5.26 Å². The Hall–Kier alpha value is -1.12. The summed E-state index contributed by atoms with van der Waals surface area (Å²) in [5.74, 6) is 0.204. The van der Waals surface area contributed by atoms with Crippen molar-refractivity contribution in [2.75, 3.05) is 19.7 Å². The highest BCUT2D eigenvalue weighted by Crippen LogP contribution is 2.39. The van der Waals surface area contributed by atoms with Crippen molar-refractivity contribution < 1.29 is 9.90 Å². The molecular formula is C15H25N3O2. The van der Waals surface area contributed by atoms with Crippen molar-refractivity contribution in [2.24, 2.45) is 5.92 Å². The fourth-order valence-corrected chi connectivity index (χ4v) is 3.05. The molecule has 2 fully saturated rings. The first-order chi connectivity index (χ1) is 9.59. The normalized spacial score (nSPS) is 27.1. The number of hydrogen-bond donors (Lipinski definition) is 2. The van der Waals surface area contributed by atoms with Gasteiger partial charge in [-0.1, -0.05) is 12.8 Å². The number of aliphatic hydroxyl groups excluding tert-OH is 1. The lowest BCUT2D eigenvalue weighted by Crippen LogP contribution is -2.52. The van der Waals surface area contributed by atoms with Crippen LogP contribution in [0, 0.1) is 17.2 Å². The Kier molecular flexibility index (Phi) is 5.00. The molecule has 0 spiro atoms. The largest absolute Gasteiger partial charge is 0.395 e. The number of hydrogen-bond acceptors (Lipinski definition) is 4. The summed E-state index contributed by atoms with van der Waals surface area (Å²) in [5, 5.41) is 21.6. The third kappa shape index (κ3) is 3.71. The predicted molar refractivity (Wildman–Crippen MR) is 75.8 cm³/mol. The fourth-order valence-electron chi connectivity index (χ4n) is 3.05. The van der Waals surface area contributed by atoms with Crippen LogP contribution in [0.2, 0.25) is 0 Å². The Morgan fingerprint density at radius 1 is 1.40 bits per heavy atom. The summed E-state index contributed by atoms with van der Waals surface area (Å²) in [6.45, 7) is 3.06. The molecule has 2 atom stereocenters. The molecule has 20 heavy (non-hydrogen) atoms. The minimum atomic E-state index is -0.725. The number of carbonyl (C=O) groups excluding carboxylic acids is 1. The molecular weight excluding hydrogens is 254 g/mol. The van der Waals surface area contributed by atoms with E-state index in [0.717, 1.165) is 45.1 Å². The average Bonchev–Trinajstić information content (AvgIpc) is 3.26. The third-order valence-electron chi connectivity index (χ3n) is 4.58. The van der Waals surface area contributed by atoms with Crippen LogP contribution in [-0.4, -0.2) is 47.2 Å². The van der Waals surface area contributed by atoms with Crippen molar-refractivity contribution in [2.45, 2.75) is 57.0 Å². The smallest absolute Gasteiger partial charge is 0.235 e. The minimum absolute atomic E-state index is 0.0810. The van der Waals surface area contributed by atoms with Crippen LogP contribution < -0.4 is 5.32 Å². The number of amides is 1. The van der Waals surface area contributed by atoms with Crippen LogP contribution in [0.1, 0.15) is 45.4 Å². The Balaban J connectivity index is 1.90. The molecule has 2 N–H and O–H groups in total. The number of nitrogens with one attached hydrogen (secondary N) is 1. The Morgan fingerprint density at radius 2 is 2.15 bits per heavy atom. The molecule has 1 aliphatic carbocycles. The van der Waals surface area contributed by atoms with Gasteiger partial charge in [0.1, 0.15) is 5.54 Å². The third-order valence-corrected chi connectivity index (χ3v) is 4.58. The van der Waals surface area contributed by atoms with E-state index in [1.807, 2.05) is 6.92 Å². The highest BCUT2D eigenvalue weighted by Gasteiger charge is 2.43. The van der Waals surface area contributed by atoms with Crippen LogP contribution in [0.15, 0.2) is 0 Å². The van der Waals surface area contributed by atoms with Crippen LogP contribution in [0.25, 0.3) is 0 Å². The first-order valence-corrected chi connectivity index (χ1v) is 7.66. The van der Waals surface area contributed by atoms with E-state index < -0.39 is 5.54 Å². The molecule has 0 aromatic heterocycles. The van der Waals surface area contributed by atoms with Gasteiger partial charge in [0, 0.05) is 6.04 Å². The van der Waals surface area contributed by atoms with Crippen LogP contribution >= 0.6 is 0 Å². The van der Waals surface area contributed by atoms with Gasteiger partial charge < -0.3 is 10.4 Å². The van der Waals surface area contributed by atoms with Gasteiger partial charge in [0.2, 0.25) is 5.91 Å². The Labute approximate surface area is 120 Å². The lowest BCUT2D eigenvalue weighted by atomic mass is 9.98. The molecule has 5 heteroatoms. The SMILES string of the molecule is CC(C#N)(NC(=O)CN1CCCCCC1CO)C1CC1. The fraction of sp³-hybridized carbons (Fsp3) is 0.867. The molecule has 2 unspecified atom stereocenters. The number of likely N-dealkylation sites (tertiary alicyclic amines) is 1. The predicted octanol–water partition coefficient (Wildman–Crippen LogP) is 1.03. The van der Waals surface area contributed by atoms with Gasteiger partial charge in [-0.3, -0.25) is 9.69 Å². The topological polar surface area (TPSA) is 76.4 Å². The van der Waals surface area contributed by atoms with Crippen molar-refractivity contribution in [3.05, 3.63) is 0 Å². The Bertz CT molecular complexity index is 389. The molecule has 5 nitrogen and oxygen atoms in total. The number of nitrogens with zero attached hydrogens (tertiary/aromatic N) is 2. The highest BCUT2D eigenvalue weighted by molar-refractivity contribution is 5.79. The molecule has 0 aromatic rings. The van der Waals surface area contributed by atoms with Crippen LogP contribution in [-0.2, 0) is 4.79 Å². The van der Waals surface area contributed by atoms with Gasteiger partial charge in [0.15, 0.2) is 0 Å². The lowest BCUT2D eigenvalue weighted by Gasteiger charge is -2.30. The molecule has 0 bridgehead atoms. The number of nitriles is 1. The van der Waals surface area contributed by atoms with Crippen molar-refractivity contribution in [1.82, 2.24) is 10.2 Å². The van der Waals surface area contributed by atoms with E-state index in [4.69, 9.17) is 0 Å². The van der Waals surface area contributed by atoms with Crippen molar-refractivity contribution in [3.63, 3.8) is 0 Å². The summed E-state index contributed by atoms with van der Waals surface area (Å²) in [4.78, 5) is 14.3. The monoisotopic (exact) mass is 279 g/mol. The van der Waals surface area contributed by atoms with Gasteiger partial charge >= 0.3 is 0 Å². The van der Waals surface area contributed by atoms with Crippen molar-refractivity contribution >= 4 is 5.91 Å². The first-order valence-electron chi connectivity index (χ1n) is 7.66. The van der Waals surface area contributed by atoms with E-state index in [1.165, 1.54) is 0 Å². The van der Waals surface area contributed by atoms with Gasteiger partial charge in [0.25, 0.3) is 0 Å². The highest BCUT2D eigenvalue weighted by atomic mass is 16.3. The average molecular weight is 279 g/mol. The van der Waals surface area contributed by atoms with E-state index in [9.17, 15) is 15.2 Å². The van der Waals surface area contributed by atoms with E-state index in [-0.39, 0.29) is 25.1 Å². The van der Waals surface area contributed by atoms with Gasteiger partial charge in [-0.15, -0.1) is 0 Å². The molecule has 1 aliphatic heterocycles. The van der Waals surface area contributed by atoms with Gasteiger partial charge in [0.05, 0.1) is 19.2 Å². The van der Waals surface area contributed by atoms with E-state index in [2.05, 4.69) is 16.3 Å². The maximum absolute atomic E-state index is 12.2. The van der Waals surface area contributed by atoms with Crippen LogP contribution in [0.3, 0.4) is 0 Å². The molecule has 0 radical (unpaired) electrons. The molecule has 1 amide bonds. The maximum Gasteiger partial charge on any atom is 0.235 e. The molecule has 1 saturated heterocycles. The lowest BCUT2D eigenvalue weighted by molar-refractivity contribution is -0.124. The second kappa shape index (κ2) is 6.55. The van der Waals surface area contributed by atoms with Crippen molar-refractivity contribution in [3.8, 4) is 6.07 Å². The zero-order chi connectivity index (χ0) is 14.6. The molecule has 1 heterocycles. The van der Waals surface area contributed by atoms with Gasteiger partial charge in [-0.05, 0) is 45.1 Å². The molecule has 2 aliphatic rings. The molecule has 0 aromatic carbocycles. The van der Waals surface area contributed by atoms with E-state index in [0.29, 0.717) is 5.92 Å². The van der Waals surface area contributed by atoms with Crippen LogP contribution in [0.5, 0.6) is 0 Å². The molecule has 2 rings (SSSR count). The Morgan fingerprint density at radius 3 is 2.75 bits per heavy atom. The zero-order valence-electron chi connectivity index (χ0n) is 12.3. The van der Waals surface area contributed by atoms with E-state index in [1.54, 1.807) is 0 Å². The zero-order valence-corrected chi connectivity index (χ0v) is 12.3. The summed E-state index contributed by atoms with van der Waals surface area (Å²) in [5.41, 5.74) is -0.725. The minimum Gasteiger partial charge on any atom is -0.395 e. The van der Waals surface area contributed by atoms with Gasteiger partial charge in [-0.25, -0.2) is 0 Å². The molecule has 1 saturated carbocycles. The van der Waals surface area contributed by atoms with Crippen molar-refractivity contribution in [1.29, 1.82) is 5.26 Å². The van der Waals surface area contributed by atoms with E-state index >= 15 is 0 Å². The molecule has 112 valence electrons. The quantitative estimate of drug-likeness (QED) is 0.788. The summed E-state index contributed by atoms with van der Waals surface area (Å²) in [7, 11) is 0. The summed E-state index contributed by atoms with van der Waals surface area (Å²) >= 11 is 0.